The van der Waals surface area contributed by atoms with Crippen LogP contribution in [-0.2, 0) is 4.79 Å². The van der Waals surface area contributed by atoms with Crippen LogP contribution in [0.3, 0.4) is 0 Å². The van der Waals surface area contributed by atoms with Gasteiger partial charge in [0.2, 0.25) is 0 Å². The molecule has 0 saturated heterocycles. The molecule has 1 fully saturated rings. The van der Waals surface area contributed by atoms with Gasteiger partial charge >= 0.3 is 0 Å². The zero-order valence-corrected chi connectivity index (χ0v) is 8.81. The number of carbonyl (C=O) groups excluding carboxylic acids is 1. The summed E-state index contributed by atoms with van der Waals surface area (Å²) < 4.78 is 0. The van der Waals surface area contributed by atoms with Crippen LogP contribution >= 0.6 is 0 Å². The molecule has 0 heterocycles. The standard InChI is InChI=1S/C12H20O/c1-10(11(2)13)8-9-12-6-4-3-5-7-12/h8,12H,3-7,9H2,1-2H3. The topological polar surface area (TPSA) is 17.1 Å². The average molecular weight is 180 g/mol. The van der Waals surface area contributed by atoms with Gasteiger partial charge < -0.3 is 0 Å². The maximum atomic E-state index is 10.9. The van der Waals surface area contributed by atoms with Crippen LogP contribution in [0, 0.1) is 5.92 Å². The minimum Gasteiger partial charge on any atom is -0.295 e. The summed E-state index contributed by atoms with van der Waals surface area (Å²) in [5, 5.41) is 0. The van der Waals surface area contributed by atoms with Crippen molar-refractivity contribution in [2.45, 2.75) is 52.4 Å². The Balaban J connectivity index is 2.31. The molecule has 74 valence electrons. The Morgan fingerprint density at radius 1 is 1.23 bits per heavy atom. The molecular weight excluding hydrogens is 160 g/mol. The smallest absolute Gasteiger partial charge is 0.155 e. The summed E-state index contributed by atoms with van der Waals surface area (Å²) in [5.41, 5.74) is 0.936. The number of hydrogen-bond acceptors (Lipinski definition) is 1. The summed E-state index contributed by atoms with van der Waals surface area (Å²) in [4.78, 5) is 10.9. The molecule has 0 amide bonds. The molecule has 1 rings (SSSR count). The van der Waals surface area contributed by atoms with E-state index >= 15 is 0 Å². The van der Waals surface area contributed by atoms with Crippen LogP contribution in [0.4, 0.5) is 0 Å². The monoisotopic (exact) mass is 180 g/mol. The molecule has 0 radical (unpaired) electrons. The van der Waals surface area contributed by atoms with E-state index in [0.29, 0.717) is 0 Å². The molecule has 1 nitrogen and oxygen atoms in total. The first kappa shape index (κ1) is 10.5. The van der Waals surface area contributed by atoms with Gasteiger partial charge in [0.25, 0.3) is 0 Å². The molecule has 0 atom stereocenters. The highest BCUT2D eigenvalue weighted by molar-refractivity contribution is 5.92. The number of ketones is 1. The van der Waals surface area contributed by atoms with Gasteiger partial charge in [-0.2, -0.15) is 0 Å². The molecule has 0 bridgehead atoms. The van der Waals surface area contributed by atoms with E-state index in [4.69, 9.17) is 0 Å². The van der Waals surface area contributed by atoms with Crippen molar-refractivity contribution >= 4 is 5.78 Å². The SMILES string of the molecule is CC(=O)C(C)=CCC1CCCCC1. The molecule has 13 heavy (non-hydrogen) atoms. The Kier molecular flexibility index (Phi) is 4.20. The molecule has 0 N–H and O–H groups in total. The highest BCUT2D eigenvalue weighted by Gasteiger charge is 2.11. The zero-order chi connectivity index (χ0) is 9.68. The lowest BCUT2D eigenvalue weighted by Gasteiger charge is -2.19. The predicted molar refractivity (Wildman–Crippen MR) is 55.6 cm³/mol. The number of carbonyl (C=O) groups is 1. The average Bonchev–Trinajstić information content (AvgIpc) is 2.15. The molecule has 1 heteroatoms. The second kappa shape index (κ2) is 5.21. The van der Waals surface area contributed by atoms with E-state index in [-0.39, 0.29) is 5.78 Å². The first-order valence-corrected chi connectivity index (χ1v) is 5.38. The summed E-state index contributed by atoms with van der Waals surface area (Å²) >= 11 is 0. The van der Waals surface area contributed by atoms with E-state index in [1.54, 1.807) is 6.92 Å². The molecule has 0 aliphatic heterocycles. The van der Waals surface area contributed by atoms with Crippen LogP contribution in [0.2, 0.25) is 0 Å². The number of hydrogen-bond donors (Lipinski definition) is 0. The Hall–Kier alpha value is -0.590. The summed E-state index contributed by atoms with van der Waals surface area (Å²) in [6.07, 6.45) is 10.1. The van der Waals surface area contributed by atoms with Gasteiger partial charge in [0, 0.05) is 0 Å². The molecule has 1 aliphatic rings. The summed E-state index contributed by atoms with van der Waals surface area (Å²) in [5.74, 6) is 1.07. The second-order valence-electron chi connectivity index (χ2n) is 4.18. The first-order valence-electron chi connectivity index (χ1n) is 5.38. The van der Waals surface area contributed by atoms with Gasteiger partial charge in [0.1, 0.15) is 0 Å². The van der Waals surface area contributed by atoms with Crippen molar-refractivity contribution in [3.05, 3.63) is 11.6 Å². The van der Waals surface area contributed by atoms with Gasteiger partial charge in [-0.05, 0) is 31.8 Å². The van der Waals surface area contributed by atoms with E-state index in [0.717, 1.165) is 17.9 Å². The fraction of sp³-hybridized carbons (Fsp3) is 0.750. The van der Waals surface area contributed by atoms with E-state index in [1.807, 2.05) is 6.92 Å². The van der Waals surface area contributed by atoms with E-state index < -0.39 is 0 Å². The molecule has 1 aliphatic carbocycles. The van der Waals surface area contributed by atoms with Crippen molar-refractivity contribution in [1.82, 2.24) is 0 Å². The first-order chi connectivity index (χ1) is 6.20. The van der Waals surface area contributed by atoms with Crippen molar-refractivity contribution in [1.29, 1.82) is 0 Å². The molecule has 0 aromatic heterocycles. The predicted octanol–water partition coefficient (Wildman–Crippen LogP) is 3.49. The van der Waals surface area contributed by atoms with E-state index in [9.17, 15) is 4.79 Å². The van der Waals surface area contributed by atoms with Crippen molar-refractivity contribution in [3.63, 3.8) is 0 Å². The van der Waals surface area contributed by atoms with Crippen molar-refractivity contribution in [2.24, 2.45) is 5.92 Å². The third-order valence-corrected chi connectivity index (χ3v) is 3.04. The lowest BCUT2D eigenvalue weighted by atomic mass is 9.86. The third-order valence-electron chi connectivity index (χ3n) is 3.04. The summed E-state index contributed by atoms with van der Waals surface area (Å²) in [6, 6.07) is 0. The van der Waals surface area contributed by atoms with Crippen LogP contribution in [0.15, 0.2) is 11.6 Å². The van der Waals surface area contributed by atoms with Crippen molar-refractivity contribution in [3.8, 4) is 0 Å². The van der Waals surface area contributed by atoms with Crippen LogP contribution in [0.25, 0.3) is 0 Å². The molecule has 0 spiro atoms. The lowest BCUT2D eigenvalue weighted by molar-refractivity contribution is -0.113. The highest BCUT2D eigenvalue weighted by Crippen LogP contribution is 2.26. The largest absolute Gasteiger partial charge is 0.295 e. The van der Waals surface area contributed by atoms with E-state index in [2.05, 4.69) is 6.08 Å². The Labute approximate surface area is 81.2 Å². The number of allylic oxidation sites excluding steroid dienone is 2. The van der Waals surface area contributed by atoms with Gasteiger partial charge in [-0.1, -0.05) is 38.2 Å². The zero-order valence-electron chi connectivity index (χ0n) is 8.81. The minimum atomic E-state index is 0.218. The van der Waals surface area contributed by atoms with Gasteiger partial charge in [-0.3, -0.25) is 4.79 Å². The lowest BCUT2D eigenvalue weighted by Crippen LogP contribution is -2.05. The summed E-state index contributed by atoms with van der Waals surface area (Å²) in [6.45, 7) is 3.57. The van der Waals surface area contributed by atoms with Crippen molar-refractivity contribution in [2.75, 3.05) is 0 Å². The Morgan fingerprint density at radius 2 is 1.85 bits per heavy atom. The molecular formula is C12H20O. The van der Waals surface area contributed by atoms with Gasteiger partial charge in [0.15, 0.2) is 5.78 Å². The molecule has 0 aromatic rings. The fourth-order valence-electron chi connectivity index (χ4n) is 1.91. The molecule has 0 unspecified atom stereocenters. The second-order valence-corrected chi connectivity index (χ2v) is 4.18. The number of rotatable bonds is 3. The normalized spacial score (nSPS) is 20.3. The molecule has 0 aromatic carbocycles. The fourth-order valence-corrected chi connectivity index (χ4v) is 1.91. The third kappa shape index (κ3) is 3.75. The minimum absolute atomic E-state index is 0.218. The van der Waals surface area contributed by atoms with Gasteiger partial charge in [0.05, 0.1) is 0 Å². The van der Waals surface area contributed by atoms with Crippen molar-refractivity contribution < 1.29 is 4.79 Å². The Morgan fingerprint density at radius 3 is 2.38 bits per heavy atom. The number of Topliss-reactive ketones (excluding diaryl/α,β-unsaturated/α-hetero) is 1. The van der Waals surface area contributed by atoms with Crippen LogP contribution < -0.4 is 0 Å². The van der Waals surface area contributed by atoms with E-state index in [1.165, 1.54) is 32.1 Å². The maximum absolute atomic E-state index is 10.9. The van der Waals surface area contributed by atoms with Crippen LogP contribution in [0.1, 0.15) is 52.4 Å². The van der Waals surface area contributed by atoms with Gasteiger partial charge in [-0.25, -0.2) is 0 Å². The van der Waals surface area contributed by atoms with Gasteiger partial charge in [-0.15, -0.1) is 0 Å². The highest BCUT2D eigenvalue weighted by atomic mass is 16.1. The quantitative estimate of drug-likeness (QED) is 0.607. The molecule has 1 saturated carbocycles. The summed E-state index contributed by atoms with van der Waals surface area (Å²) in [7, 11) is 0. The maximum Gasteiger partial charge on any atom is 0.155 e. The van der Waals surface area contributed by atoms with Crippen LogP contribution in [-0.4, -0.2) is 5.78 Å². The van der Waals surface area contributed by atoms with Crippen LogP contribution in [0.5, 0.6) is 0 Å². The Bertz CT molecular complexity index is 197.